The zero-order valence-corrected chi connectivity index (χ0v) is 16.9. The molecular weight excluding hydrogens is 316 g/mol. The van der Waals surface area contributed by atoms with Crippen LogP contribution in [0.5, 0.6) is 0 Å². The summed E-state index contributed by atoms with van der Waals surface area (Å²) in [5.74, 6) is -0.809. The lowest BCUT2D eigenvalue weighted by atomic mass is 9.69. The van der Waals surface area contributed by atoms with Gasteiger partial charge in [0.1, 0.15) is 11.6 Å². The van der Waals surface area contributed by atoms with Crippen LogP contribution in [0.25, 0.3) is 0 Å². The molecule has 25 heavy (non-hydrogen) atoms. The van der Waals surface area contributed by atoms with Crippen molar-refractivity contribution in [3.05, 3.63) is 0 Å². The Hall–Kier alpha value is -1.19. The fourth-order valence-corrected chi connectivity index (χ4v) is 3.49. The Bertz CT molecular complexity index is 479. The van der Waals surface area contributed by atoms with Crippen molar-refractivity contribution >= 4 is 17.5 Å². The van der Waals surface area contributed by atoms with E-state index in [-0.39, 0.29) is 47.1 Å². The van der Waals surface area contributed by atoms with Crippen LogP contribution in [-0.2, 0) is 19.1 Å². The van der Waals surface area contributed by atoms with Crippen molar-refractivity contribution in [3.8, 4) is 0 Å². The molecule has 0 bridgehead atoms. The maximum absolute atomic E-state index is 13.0. The van der Waals surface area contributed by atoms with E-state index in [2.05, 4.69) is 0 Å². The highest BCUT2D eigenvalue weighted by atomic mass is 16.5. The van der Waals surface area contributed by atoms with Crippen molar-refractivity contribution < 1.29 is 19.1 Å². The Morgan fingerprint density at radius 2 is 1.24 bits per heavy atom. The first-order valence-electron chi connectivity index (χ1n) is 9.64. The third-order valence-electron chi connectivity index (χ3n) is 5.22. The number of carbonyl (C=O) groups excluding carboxylic acids is 3. The normalized spacial score (nSPS) is 26.1. The fraction of sp³-hybridized carbons (Fsp3) is 0.857. The fourth-order valence-electron chi connectivity index (χ4n) is 3.49. The summed E-state index contributed by atoms with van der Waals surface area (Å²) in [4.78, 5) is 37.9. The van der Waals surface area contributed by atoms with Gasteiger partial charge in [0.2, 0.25) is 0 Å². The van der Waals surface area contributed by atoms with E-state index in [1.54, 1.807) is 0 Å². The minimum absolute atomic E-state index is 0.00906. The average Bonchev–Trinajstić information content (AvgIpc) is 2.45. The molecule has 0 amide bonds. The zero-order chi connectivity index (χ0) is 19.3. The molecule has 4 heteroatoms. The highest BCUT2D eigenvalue weighted by Crippen LogP contribution is 2.36. The first kappa shape index (κ1) is 21.9. The molecule has 0 aromatic carbocycles. The lowest BCUT2D eigenvalue weighted by Crippen LogP contribution is -2.37. The second-order valence-electron chi connectivity index (χ2n) is 9.56. The van der Waals surface area contributed by atoms with Crippen molar-refractivity contribution in [3.63, 3.8) is 0 Å². The van der Waals surface area contributed by atoms with Crippen molar-refractivity contribution in [1.29, 1.82) is 0 Å². The molecule has 0 aromatic heterocycles. The molecular formula is C21H36O4. The molecule has 0 aromatic rings. The second kappa shape index (κ2) is 8.95. The summed E-state index contributed by atoms with van der Waals surface area (Å²) in [6.07, 6.45) is 4.44. The van der Waals surface area contributed by atoms with Crippen LogP contribution in [-0.4, -0.2) is 24.1 Å². The summed E-state index contributed by atoms with van der Waals surface area (Å²) >= 11 is 0. The van der Waals surface area contributed by atoms with Crippen LogP contribution in [0.3, 0.4) is 0 Å². The van der Waals surface area contributed by atoms with Gasteiger partial charge in [0, 0.05) is 24.7 Å². The Labute approximate surface area is 153 Å². The summed E-state index contributed by atoms with van der Waals surface area (Å²) in [6.45, 7) is 12.4. The number of esters is 1. The van der Waals surface area contributed by atoms with E-state index in [9.17, 15) is 14.4 Å². The second-order valence-corrected chi connectivity index (χ2v) is 9.56. The molecule has 1 aliphatic rings. The number of cyclic esters (lactones) is 1. The molecule has 1 aliphatic heterocycles. The highest BCUT2D eigenvalue weighted by molar-refractivity contribution is 5.91. The largest absolute Gasteiger partial charge is 0.466 e. The molecule has 0 N–H and O–H groups in total. The van der Waals surface area contributed by atoms with Gasteiger partial charge in [-0.05, 0) is 23.7 Å². The van der Waals surface area contributed by atoms with Gasteiger partial charge >= 0.3 is 5.97 Å². The Morgan fingerprint density at radius 3 is 1.80 bits per heavy atom. The van der Waals surface area contributed by atoms with Crippen molar-refractivity contribution in [1.82, 2.24) is 0 Å². The van der Waals surface area contributed by atoms with Crippen molar-refractivity contribution in [2.45, 2.75) is 86.5 Å². The lowest BCUT2D eigenvalue weighted by molar-refractivity contribution is -0.149. The topological polar surface area (TPSA) is 60.4 Å². The summed E-state index contributed by atoms with van der Waals surface area (Å²) in [6, 6.07) is 0. The van der Waals surface area contributed by atoms with E-state index in [0.717, 1.165) is 25.7 Å². The van der Waals surface area contributed by atoms with E-state index < -0.39 is 5.92 Å². The number of ketones is 2. The standard InChI is InChI=1S/C21H36O4/c1-20(2,3)15-13-18(23)16(21(4,5)6)14-19(24)25-12-10-8-7-9-11-17(15)22/h15-16H,7-14H2,1-6H3. The number of ether oxygens (including phenoxy) is 1. The Morgan fingerprint density at radius 1 is 0.720 bits per heavy atom. The number of Topliss-reactive ketones (excluding diaryl/α,β-unsaturated/α-hetero) is 2. The zero-order valence-electron chi connectivity index (χ0n) is 16.9. The van der Waals surface area contributed by atoms with Gasteiger partial charge in [-0.1, -0.05) is 54.4 Å². The summed E-state index contributed by atoms with van der Waals surface area (Å²) in [7, 11) is 0. The van der Waals surface area contributed by atoms with E-state index in [0.29, 0.717) is 13.0 Å². The minimum Gasteiger partial charge on any atom is -0.466 e. The number of hydrogen-bond acceptors (Lipinski definition) is 4. The van der Waals surface area contributed by atoms with Crippen LogP contribution in [0.4, 0.5) is 0 Å². The van der Waals surface area contributed by atoms with E-state index in [1.807, 2.05) is 41.5 Å². The SMILES string of the molecule is CC(C)(C)C1CC(=O)OCCCCCCC(=O)C(C(C)(C)C)CC1=O. The number of hydrogen-bond donors (Lipinski definition) is 0. The average molecular weight is 353 g/mol. The molecule has 1 fully saturated rings. The summed E-state index contributed by atoms with van der Waals surface area (Å²) in [5, 5.41) is 0. The number of carbonyl (C=O) groups is 3. The van der Waals surface area contributed by atoms with E-state index in [1.165, 1.54) is 0 Å². The van der Waals surface area contributed by atoms with Gasteiger partial charge in [-0.3, -0.25) is 14.4 Å². The van der Waals surface area contributed by atoms with Crippen molar-refractivity contribution in [2.24, 2.45) is 22.7 Å². The molecule has 2 atom stereocenters. The summed E-state index contributed by atoms with van der Waals surface area (Å²) in [5.41, 5.74) is -0.592. The number of rotatable bonds is 0. The molecule has 0 spiro atoms. The van der Waals surface area contributed by atoms with Crippen LogP contribution >= 0.6 is 0 Å². The molecule has 1 saturated heterocycles. The molecule has 0 aliphatic carbocycles. The molecule has 0 saturated carbocycles. The predicted molar refractivity (Wildman–Crippen MR) is 99.2 cm³/mol. The van der Waals surface area contributed by atoms with Gasteiger partial charge in [0.25, 0.3) is 0 Å². The predicted octanol–water partition coefficient (Wildman–Crippen LogP) is 4.74. The van der Waals surface area contributed by atoms with Crippen LogP contribution in [0, 0.1) is 22.7 Å². The van der Waals surface area contributed by atoms with Crippen LogP contribution < -0.4 is 0 Å². The van der Waals surface area contributed by atoms with E-state index in [4.69, 9.17) is 4.74 Å². The minimum atomic E-state index is -0.416. The third kappa shape index (κ3) is 7.29. The maximum atomic E-state index is 13.0. The van der Waals surface area contributed by atoms with Gasteiger partial charge in [-0.2, -0.15) is 0 Å². The lowest BCUT2D eigenvalue weighted by Gasteiger charge is -2.34. The Balaban J connectivity index is 3.07. The van der Waals surface area contributed by atoms with Gasteiger partial charge in [-0.15, -0.1) is 0 Å². The molecule has 1 heterocycles. The first-order chi connectivity index (χ1) is 11.4. The van der Waals surface area contributed by atoms with Gasteiger partial charge in [0.05, 0.1) is 13.0 Å². The molecule has 144 valence electrons. The quantitative estimate of drug-likeness (QED) is 0.591. The van der Waals surface area contributed by atoms with Crippen LogP contribution in [0.2, 0.25) is 0 Å². The first-order valence-corrected chi connectivity index (χ1v) is 9.64. The molecule has 0 radical (unpaired) electrons. The van der Waals surface area contributed by atoms with Gasteiger partial charge < -0.3 is 4.74 Å². The van der Waals surface area contributed by atoms with Gasteiger partial charge in [0.15, 0.2) is 0 Å². The molecule has 2 unspecified atom stereocenters. The van der Waals surface area contributed by atoms with Crippen molar-refractivity contribution in [2.75, 3.05) is 6.61 Å². The van der Waals surface area contributed by atoms with Gasteiger partial charge in [-0.25, -0.2) is 0 Å². The monoisotopic (exact) mass is 352 g/mol. The molecule has 4 nitrogen and oxygen atoms in total. The third-order valence-corrected chi connectivity index (χ3v) is 5.22. The highest BCUT2D eigenvalue weighted by Gasteiger charge is 2.39. The smallest absolute Gasteiger partial charge is 0.306 e. The molecule has 1 rings (SSSR count). The van der Waals surface area contributed by atoms with E-state index >= 15 is 0 Å². The van der Waals surface area contributed by atoms with Crippen LogP contribution in [0.15, 0.2) is 0 Å². The van der Waals surface area contributed by atoms with Crippen LogP contribution in [0.1, 0.15) is 86.5 Å². The summed E-state index contributed by atoms with van der Waals surface area (Å²) < 4.78 is 5.32. The Kier molecular flexibility index (Phi) is 7.83. The maximum Gasteiger partial charge on any atom is 0.306 e.